The van der Waals surface area contributed by atoms with Gasteiger partial charge in [-0.15, -0.1) is 15.3 Å². The van der Waals surface area contributed by atoms with Crippen LogP contribution in [0.5, 0.6) is 5.88 Å². The van der Waals surface area contributed by atoms with Crippen LogP contribution in [-0.2, 0) is 4.74 Å². The number of aromatic nitrogens is 4. The lowest BCUT2D eigenvalue weighted by Crippen LogP contribution is -2.32. The maximum Gasteiger partial charge on any atom is 0.246 e. The van der Waals surface area contributed by atoms with Crippen LogP contribution in [0.15, 0.2) is 12.1 Å². The van der Waals surface area contributed by atoms with Crippen molar-refractivity contribution in [2.75, 3.05) is 13.2 Å². The molecule has 0 N–H and O–H groups in total. The third kappa shape index (κ3) is 1.70. The van der Waals surface area contributed by atoms with Gasteiger partial charge in [0.1, 0.15) is 6.61 Å². The Balaban J connectivity index is 1.78. The van der Waals surface area contributed by atoms with Crippen LogP contribution in [0.3, 0.4) is 0 Å². The van der Waals surface area contributed by atoms with E-state index in [1.165, 1.54) is 4.52 Å². The Labute approximate surface area is 96.1 Å². The number of rotatable bonds is 3. The molecule has 2 aromatic rings. The van der Waals surface area contributed by atoms with E-state index < -0.39 is 0 Å². The molecular formula is C9H9ClN4O2. The van der Waals surface area contributed by atoms with E-state index in [9.17, 15) is 0 Å². The smallest absolute Gasteiger partial charge is 0.246 e. The molecule has 1 saturated heterocycles. The van der Waals surface area contributed by atoms with Crippen LogP contribution in [0.25, 0.3) is 5.65 Å². The fourth-order valence-electron chi connectivity index (χ4n) is 1.42. The van der Waals surface area contributed by atoms with E-state index in [1.54, 1.807) is 12.1 Å². The molecule has 0 bridgehead atoms. The van der Waals surface area contributed by atoms with Crippen molar-refractivity contribution in [3.63, 3.8) is 0 Å². The first-order valence-corrected chi connectivity index (χ1v) is 5.33. The van der Waals surface area contributed by atoms with Crippen molar-refractivity contribution in [2.45, 2.75) is 12.5 Å². The molecule has 1 aliphatic heterocycles. The van der Waals surface area contributed by atoms with Gasteiger partial charge in [-0.25, -0.2) is 0 Å². The van der Waals surface area contributed by atoms with Crippen molar-refractivity contribution in [2.24, 2.45) is 0 Å². The summed E-state index contributed by atoms with van der Waals surface area (Å²) in [7, 11) is 0. The molecule has 7 heteroatoms. The van der Waals surface area contributed by atoms with Gasteiger partial charge in [-0.3, -0.25) is 0 Å². The van der Waals surface area contributed by atoms with Crippen molar-refractivity contribution >= 4 is 17.2 Å². The van der Waals surface area contributed by atoms with Crippen molar-refractivity contribution in [3.05, 3.63) is 17.4 Å². The zero-order valence-corrected chi connectivity index (χ0v) is 9.09. The monoisotopic (exact) mass is 240 g/mol. The first kappa shape index (κ1) is 9.80. The van der Waals surface area contributed by atoms with Crippen LogP contribution in [0, 0.1) is 0 Å². The second-order valence-electron chi connectivity index (χ2n) is 3.50. The van der Waals surface area contributed by atoms with Gasteiger partial charge < -0.3 is 9.47 Å². The van der Waals surface area contributed by atoms with Crippen LogP contribution >= 0.6 is 11.6 Å². The second kappa shape index (κ2) is 3.88. The van der Waals surface area contributed by atoms with E-state index in [-0.39, 0.29) is 11.4 Å². The summed E-state index contributed by atoms with van der Waals surface area (Å²) in [6.45, 7) is 1.33. The zero-order chi connectivity index (χ0) is 11.0. The highest BCUT2D eigenvalue weighted by molar-refractivity contribution is 6.28. The van der Waals surface area contributed by atoms with Gasteiger partial charge in [-0.2, -0.15) is 4.52 Å². The second-order valence-corrected chi connectivity index (χ2v) is 3.84. The average Bonchev–Trinajstić information content (AvgIpc) is 2.58. The van der Waals surface area contributed by atoms with Crippen LogP contribution in [0.1, 0.15) is 6.42 Å². The minimum absolute atomic E-state index is 0.189. The summed E-state index contributed by atoms with van der Waals surface area (Å²) in [4.78, 5) is 0. The third-order valence-electron chi connectivity index (χ3n) is 2.41. The molecule has 1 fully saturated rings. The van der Waals surface area contributed by atoms with Gasteiger partial charge in [0.05, 0.1) is 6.10 Å². The molecule has 0 aromatic carbocycles. The minimum Gasteiger partial charge on any atom is -0.474 e. The molecule has 0 aliphatic carbocycles. The molecule has 0 spiro atoms. The Bertz CT molecular complexity index is 511. The van der Waals surface area contributed by atoms with Gasteiger partial charge in [0.2, 0.25) is 11.2 Å². The maximum atomic E-state index is 5.79. The van der Waals surface area contributed by atoms with E-state index in [1.807, 2.05) is 0 Å². The van der Waals surface area contributed by atoms with Gasteiger partial charge in [-0.1, -0.05) is 0 Å². The molecule has 1 atom stereocenters. The highest BCUT2D eigenvalue weighted by Gasteiger charge is 2.19. The number of halogens is 1. The molecule has 0 radical (unpaired) electrons. The summed E-state index contributed by atoms with van der Waals surface area (Å²) in [6, 6.07) is 3.49. The molecule has 0 saturated carbocycles. The van der Waals surface area contributed by atoms with Crippen LogP contribution in [0.4, 0.5) is 0 Å². The average molecular weight is 241 g/mol. The Morgan fingerprint density at radius 3 is 3.12 bits per heavy atom. The van der Waals surface area contributed by atoms with E-state index in [4.69, 9.17) is 21.1 Å². The largest absolute Gasteiger partial charge is 0.474 e. The topological polar surface area (TPSA) is 61.5 Å². The molecular weight excluding hydrogens is 232 g/mol. The molecule has 16 heavy (non-hydrogen) atoms. The third-order valence-corrected chi connectivity index (χ3v) is 2.65. The van der Waals surface area contributed by atoms with Gasteiger partial charge in [-0.05, 0) is 17.7 Å². The maximum absolute atomic E-state index is 5.79. The summed E-state index contributed by atoms with van der Waals surface area (Å²) >= 11 is 5.79. The van der Waals surface area contributed by atoms with Gasteiger partial charge >= 0.3 is 0 Å². The number of hydrogen-bond donors (Lipinski definition) is 0. The summed E-state index contributed by atoms with van der Waals surface area (Å²) in [5.41, 5.74) is 0.595. The van der Waals surface area contributed by atoms with Crippen molar-refractivity contribution < 1.29 is 9.47 Å². The molecule has 6 nitrogen and oxygen atoms in total. The molecule has 1 unspecified atom stereocenters. The Morgan fingerprint density at radius 1 is 1.50 bits per heavy atom. The van der Waals surface area contributed by atoms with Gasteiger partial charge in [0.25, 0.3) is 0 Å². The number of fused-ring (bicyclic) bond motifs is 1. The van der Waals surface area contributed by atoms with Crippen molar-refractivity contribution in [1.82, 2.24) is 19.8 Å². The molecule has 2 aromatic heterocycles. The molecule has 3 heterocycles. The van der Waals surface area contributed by atoms with Crippen molar-refractivity contribution in [3.8, 4) is 5.88 Å². The Morgan fingerprint density at radius 2 is 2.38 bits per heavy atom. The summed E-state index contributed by atoms with van der Waals surface area (Å²) < 4.78 is 12.1. The highest BCUT2D eigenvalue weighted by atomic mass is 35.5. The van der Waals surface area contributed by atoms with Gasteiger partial charge in [0.15, 0.2) is 5.65 Å². The number of hydrogen-bond acceptors (Lipinski definition) is 5. The normalized spacial score (nSPS) is 19.7. The summed E-state index contributed by atoms with van der Waals surface area (Å²) in [5.74, 6) is 0.490. The fourth-order valence-corrected chi connectivity index (χ4v) is 1.58. The van der Waals surface area contributed by atoms with E-state index in [2.05, 4.69) is 15.3 Å². The Hall–Kier alpha value is -1.40. The predicted molar refractivity (Wildman–Crippen MR) is 55.6 cm³/mol. The first-order valence-electron chi connectivity index (χ1n) is 4.95. The highest BCUT2D eigenvalue weighted by Crippen LogP contribution is 2.15. The number of ether oxygens (including phenoxy) is 2. The lowest BCUT2D eigenvalue weighted by molar-refractivity contribution is -0.0728. The van der Waals surface area contributed by atoms with E-state index >= 15 is 0 Å². The van der Waals surface area contributed by atoms with Crippen LogP contribution in [0.2, 0.25) is 5.28 Å². The lowest BCUT2D eigenvalue weighted by atomic mass is 10.2. The fraction of sp³-hybridized carbons (Fsp3) is 0.444. The first-order chi connectivity index (χ1) is 7.83. The number of nitrogens with zero attached hydrogens (tertiary/aromatic N) is 4. The summed E-state index contributed by atoms with van der Waals surface area (Å²) in [5, 5.41) is 11.9. The molecule has 0 amide bonds. The lowest BCUT2D eigenvalue weighted by Gasteiger charge is -2.25. The SMILES string of the molecule is Clc1nnc2ccc(OCC3CCO3)nn12. The quantitative estimate of drug-likeness (QED) is 0.799. The molecule has 3 rings (SSSR count). The van der Waals surface area contributed by atoms with Crippen LogP contribution in [-0.4, -0.2) is 39.1 Å². The Kier molecular flexibility index (Phi) is 2.37. The predicted octanol–water partition coefficient (Wildman–Crippen LogP) is 0.945. The molecule has 84 valence electrons. The van der Waals surface area contributed by atoms with Crippen LogP contribution < -0.4 is 4.74 Å². The standard InChI is InChI=1S/C9H9ClN4O2/c10-9-12-11-7-1-2-8(13-14(7)9)16-5-6-3-4-15-6/h1-2,6H,3-5H2. The minimum atomic E-state index is 0.189. The van der Waals surface area contributed by atoms with E-state index in [0.717, 1.165) is 13.0 Å². The molecule has 1 aliphatic rings. The van der Waals surface area contributed by atoms with Gasteiger partial charge in [0, 0.05) is 19.1 Å². The summed E-state index contributed by atoms with van der Waals surface area (Å²) in [6.07, 6.45) is 1.23. The van der Waals surface area contributed by atoms with E-state index in [0.29, 0.717) is 18.1 Å². The van der Waals surface area contributed by atoms with Crippen molar-refractivity contribution in [1.29, 1.82) is 0 Å². The zero-order valence-electron chi connectivity index (χ0n) is 8.34.